The van der Waals surface area contributed by atoms with E-state index in [-0.39, 0.29) is 6.61 Å². The van der Waals surface area contributed by atoms with Crippen LogP contribution in [0.25, 0.3) is 0 Å². The maximum Gasteiger partial charge on any atom is 0.452 e. The molecule has 0 unspecified atom stereocenters. The lowest BCUT2D eigenvalue weighted by atomic mass is 10.2. The summed E-state index contributed by atoms with van der Waals surface area (Å²) in [4.78, 5) is 12.4. The number of hydrogen-bond acceptors (Lipinski definition) is 5. The summed E-state index contributed by atoms with van der Waals surface area (Å²) in [6, 6.07) is 23.9. The minimum absolute atomic E-state index is 0.0996. The second-order valence-electron chi connectivity index (χ2n) is 7.60. The van der Waals surface area contributed by atoms with Gasteiger partial charge >= 0.3 is 13.7 Å². The molecule has 3 aromatic rings. The van der Waals surface area contributed by atoms with Gasteiger partial charge in [0.15, 0.2) is 5.78 Å². The van der Waals surface area contributed by atoms with Crippen LogP contribution < -0.4 is 14.4 Å². The molecule has 33 heavy (non-hydrogen) atoms. The first-order chi connectivity index (χ1) is 15.9. The molecule has 0 radical (unpaired) electrons. The third kappa shape index (κ3) is 7.13. The van der Waals surface area contributed by atoms with E-state index in [1.807, 2.05) is 54.6 Å². The second-order valence-corrected chi connectivity index (χ2v) is 9.82. The Bertz CT molecular complexity index is 1010. The average molecular weight is 468 g/mol. The van der Waals surface area contributed by atoms with E-state index in [1.54, 1.807) is 31.2 Å². The molecule has 0 aliphatic heterocycles. The third-order valence-corrected chi connectivity index (χ3v) is 7.15. The van der Waals surface area contributed by atoms with Crippen LogP contribution in [-0.4, -0.2) is 11.9 Å². The standard InChI is InChI=1S/C26H30NO5P/c1-4-21-11-15-24(16-12-21)31-33(29,32-25-17-13-22(5-2)14-18-25)20(3)27-26(28)30-19-23-9-7-6-8-10-23/h6-18,20H,4-5,19H2,1-3H3,(H,27,28)/t20-/m0/s1. The lowest BCUT2D eigenvalue weighted by Crippen LogP contribution is -2.35. The van der Waals surface area contributed by atoms with E-state index in [0.717, 1.165) is 29.5 Å². The Labute approximate surface area is 195 Å². The average Bonchev–Trinajstić information content (AvgIpc) is 2.84. The van der Waals surface area contributed by atoms with Gasteiger partial charge in [0.1, 0.15) is 18.1 Å². The topological polar surface area (TPSA) is 73.9 Å². The largest absolute Gasteiger partial charge is 0.452 e. The number of benzene rings is 3. The predicted octanol–water partition coefficient (Wildman–Crippen LogP) is 6.73. The molecule has 1 N–H and O–H groups in total. The Morgan fingerprint density at radius 1 is 0.788 bits per heavy atom. The third-order valence-electron chi connectivity index (χ3n) is 5.14. The van der Waals surface area contributed by atoms with Crippen molar-refractivity contribution in [2.75, 3.05) is 0 Å². The van der Waals surface area contributed by atoms with Gasteiger partial charge < -0.3 is 19.1 Å². The van der Waals surface area contributed by atoms with Crippen LogP contribution in [-0.2, 0) is 28.8 Å². The maximum atomic E-state index is 13.9. The number of carbonyl (C=O) groups is 1. The van der Waals surface area contributed by atoms with E-state index >= 15 is 0 Å². The molecule has 0 aliphatic carbocycles. The van der Waals surface area contributed by atoms with E-state index < -0.39 is 19.5 Å². The fourth-order valence-corrected chi connectivity index (χ4v) is 4.51. The molecule has 3 rings (SSSR count). The van der Waals surface area contributed by atoms with E-state index in [4.69, 9.17) is 13.8 Å². The van der Waals surface area contributed by atoms with Crippen LogP contribution >= 0.6 is 7.60 Å². The summed E-state index contributed by atoms with van der Waals surface area (Å²) in [5.74, 6) is -0.170. The van der Waals surface area contributed by atoms with Crippen molar-refractivity contribution >= 4 is 13.7 Å². The van der Waals surface area contributed by atoms with E-state index in [9.17, 15) is 9.36 Å². The summed E-state index contributed by atoms with van der Waals surface area (Å²) in [6.45, 7) is 5.78. The van der Waals surface area contributed by atoms with Crippen LogP contribution in [0.15, 0.2) is 78.9 Å². The zero-order chi connectivity index (χ0) is 23.7. The van der Waals surface area contributed by atoms with Crippen molar-refractivity contribution in [2.45, 2.75) is 46.0 Å². The van der Waals surface area contributed by atoms with Crippen LogP contribution in [0, 0.1) is 0 Å². The SMILES string of the molecule is CCc1ccc(OP(=O)(Oc2ccc(CC)cc2)[C@@H](C)NC(=O)OCc2ccccc2)cc1. The fraction of sp³-hybridized carbons (Fsp3) is 0.269. The molecule has 0 heterocycles. The molecule has 0 aromatic heterocycles. The van der Waals surface area contributed by atoms with Gasteiger partial charge in [-0.3, -0.25) is 0 Å². The number of aryl methyl sites for hydroxylation is 2. The fourth-order valence-electron chi connectivity index (χ4n) is 3.06. The first-order valence-corrected chi connectivity index (χ1v) is 12.7. The van der Waals surface area contributed by atoms with Crippen LogP contribution in [0.1, 0.15) is 37.5 Å². The number of alkyl carbamates (subject to hydrolysis) is 1. The summed E-state index contributed by atoms with van der Waals surface area (Å²) >= 11 is 0. The predicted molar refractivity (Wildman–Crippen MR) is 130 cm³/mol. The van der Waals surface area contributed by atoms with Crippen LogP contribution in [0.5, 0.6) is 11.5 Å². The first kappa shape index (κ1) is 24.4. The highest BCUT2D eigenvalue weighted by Crippen LogP contribution is 2.52. The Morgan fingerprint density at radius 3 is 1.73 bits per heavy atom. The molecule has 174 valence electrons. The van der Waals surface area contributed by atoms with Crippen LogP contribution in [0.2, 0.25) is 0 Å². The van der Waals surface area contributed by atoms with Crippen molar-refractivity contribution in [1.29, 1.82) is 0 Å². The molecule has 1 amide bonds. The Morgan fingerprint density at radius 2 is 1.27 bits per heavy atom. The number of nitrogens with one attached hydrogen (secondary N) is 1. The zero-order valence-corrected chi connectivity index (χ0v) is 20.1. The summed E-state index contributed by atoms with van der Waals surface area (Å²) in [6.07, 6.45) is 1.05. The highest BCUT2D eigenvalue weighted by atomic mass is 31.2. The van der Waals surface area contributed by atoms with Gasteiger partial charge in [0.25, 0.3) is 0 Å². The molecule has 1 atom stereocenters. The molecular formula is C26H30NO5P. The van der Waals surface area contributed by atoms with Crippen LogP contribution in [0.4, 0.5) is 4.79 Å². The molecule has 0 saturated heterocycles. The summed E-state index contributed by atoms with van der Waals surface area (Å²) in [7, 11) is -3.86. The monoisotopic (exact) mass is 467 g/mol. The summed E-state index contributed by atoms with van der Waals surface area (Å²) in [5.41, 5.74) is 3.11. The Hall–Kier alpha value is -3.24. The zero-order valence-electron chi connectivity index (χ0n) is 19.2. The molecule has 0 bridgehead atoms. The molecular weight excluding hydrogens is 437 g/mol. The van der Waals surface area contributed by atoms with Crippen molar-refractivity contribution in [3.63, 3.8) is 0 Å². The van der Waals surface area contributed by atoms with Gasteiger partial charge in [-0.2, -0.15) is 0 Å². The number of carbonyl (C=O) groups excluding carboxylic acids is 1. The first-order valence-electron chi connectivity index (χ1n) is 11.1. The van der Waals surface area contributed by atoms with E-state index in [2.05, 4.69) is 19.2 Å². The molecule has 0 saturated carbocycles. The number of hydrogen-bond donors (Lipinski definition) is 1. The number of ether oxygens (including phenoxy) is 1. The van der Waals surface area contributed by atoms with E-state index in [1.165, 1.54) is 0 Å². The highest BCUT2D eigenvalue weighted by molar-refractivity contribution is 7.55. The van der Waals surface area contributed by atoms with Gasteiger partial charge in [-0.15, -0.1) is 0 Å². The Kier molecular flexibility index (Phi) is 8.56. The van der Waals surface area contributed by atoms with Crippen molar-refractivity contribution in [3.8, 4) is 11.5 Å². The van der Waals surface area contributed by atoms with E-state index in [0.29, 0.717) is 11.5 Å². The number of amides is 1. The van der Waals surface area contributed by atoms with Crippen molar-refractivity contribution < 1.29 is 23.1 Å². The quantitative estimate of drug-likeness (QED) is 0.335. The molecule has 6 nitrogen and oxygen atoms in total. The highest BCUT2D eigenvalue weighted by Gasteiger charge is 2.38. The van der Waals surface area contributed by atoms with Gasteiger partial charge in [-0.25, -0.2) is 9.36 Å². The lowest BCUT2D eigenvalue weighted by molar-refractivity contribution is 0.138. The van der Waals surface area contributed by atoms with Gasteiger partial charge in [-0.1, -0.05) is 68.4 Å². The summed E-state index contributed by atoms with van der Waals surface area (Å²) < 4.78 is 30.8. The van der Waals surface area contributed by atoms with Crippen molar-refractivity contribution in [2.24, 2.45) is 0 Å². The minimum atomic E-state index is -3.86. The molecule has 7 heteroatoms. The maximum absolute atomic E-state index is 13.9. The second kappa shape index (κ2) is 11.6. The molecule has 0 spiro atoms. The van der Waals surface area contributed by atoms with Gasteiger partial charge in [0.05, 0.1) is 0 Å². The van der Waals surface area contributed by atoms with Gasteiger partial charge in [-0.05, 0) is 60.7 Å². The minimum Gasteiger partial charge on any atom is -0.445 e. The smallest absolute Gasteiger partial charge is 0.445 e. The van der Waals surface area contributed by atoms with Crippen molar-refractivity contribution in [1.82, 2.24) is 5.32 Å². The van der Waals surface area contributed by atoms with Crippen molar-refractivity contribution in [3.05, 3.63) is 95.6 Å². The normalized spacial score (nSPS) is 12.0. The molecule has 0 fully saturated rings. The van der Waals surface area contributed by atoms with Gasteiger partial charge in [0.2, 0.25) is 0 Å². The van der Waals surface area contributed by atoms with Crippen LogP contribution in [0.3, 0.4) is 0 Å². The lowest BCUT2D eigenvalue weighted by Gasteiger charge is -2.25. The van der Waals surface area contributed by atoms with Gasteiger partial charge in [0, 0.05) is 0 Å². The molecule has 0 aliphatic rings. The summed E-state index contributed by atoms with van der Waals surface area (Å²) in [5, 5.41) is 2.60. The number of rotatable bonds is 10. The molecule has 3 aromatic carbocycles. The Balaban J connectivity index is 1.74.